The molecule has 5 rings (SSSR count). The Kier molecular flexibility index (Phi) is 30.9. The van der Waals surface area contributed by atoms with Crippen LogP contribution in [0.2, 0.25) is 0 Å². The molecule has 0 spiro atoms. The first kappa shape index (κ1) is 62.0. The highest BCUT2D eigenvalue weighted by Crippen LogP contribution is 2.32. The molecule has 76 heavy (non-hydrogen) atoms. The van der Waals surface area contributed by atoms with Gasteiger partial charge in [-0.1, -0.05) is 6.07 Å². The van der Waals surface area contributed by atoms with Gasteiger partial charge in [0.1, 0.15) is 36.4 Å². The molecule has 1 atom stereocenters. The summed E-state index contributed by atoms with van der Waals surface area (Å²) in [6, 6.07) is 12.7. The summed E-state index contributed by atoms with van der Waals surface area (Å²) in [4.78, 5) is 53.6. The third kappa shape index (κ3) is 24.2. The number of nitrogens with one attached hydrogen (secondary N) is 1. The molecule has 1 aromatic heterocycles. The van der Waals surface area contributed by atoms with Crippen LogP contribution in [-0.4, -0.2) is 184 Å². The Morgan fingerprint density at radius 1 is 0.789 bits per heavy atom. The maximum absolute atomic E-state index is 15.6. The molecule has 1 saturated carbocycles. The molecule has 2 aromatic carbocycles. The fraction of sp³-hybridized carbons (Fsp3) is 0.618. The Morgan fingerprint density at radius 2 is 1.38 bits per heavy atom. The van der Waals surface area contributed by atoms with E-state index in [0.717, 1.165) is 61.5 Å². The van der Waals surface area contributed by atoms with Gasteiger partial charge in [-0.25, -0.2) is 9.37 Å². The van der Waals surface area contributed by atoms with Crippen LogP contribution in [0.1, 0.15) is 72.9 Å². The van der Waals surface area contributed by atoms with Gasteiger partial charge >= 0.3 is 0 Å². The summed E-state index contributed by atoms with van der Waals surface area (Å²) in [7, 11) is 0. The van der Waals surface area contributed by atoms with Gasteiger partial charge < -0.3 is 72.9 Å². The number of anilines is 1. The van der Waals surface area contributed by atoms with Gasteiger partial charge in [-0.3, -0.25) is 14.4 Å². The molecule has 3 aromatic rings. The summed E-state index contributed by atoms with van der Waals surface area (Å²) in [6.07, 6.45) is 8.74. The summed E-state index contributed by atoms with van der Waals surface area (Å²) < 4.78 is 76.8. The van der Waals surface area contributed by atoms with Gasteiger partial charge in [0, 0.05) is 59.5 Å². The highest BCUT2D eigenvalue weighted by atomic mass is 32.2. The molecule has 0 bridgehead atoms. The lowest BCUT2D eigenvalue weighted by molar-refractivity contribution is -0.135. The second-order valence-electron chi connectivity index (χ2n) is 18.1. The minimum atomic E-state index is -0.451. The lowest BCUT2D eigenvalue weighted by Gasteiger charge is -2.29. The number of amides is 2. The largest absolute Gasteiger partial charge is 0.491 e. The van der Waals surface area contributed by atoms with E-state index < -0.39 is 5.82 Å². The number of nitrogen functional groups attached to an aromatic ring is 1. The number of hydrogen-bond donors (Lipinski definition) is 2. The minimum absolute atomic E-state index is 0.165. The number of thioether (sulfide) groups is 1. The number of aromatic nitrogens is 1. The number of carbonyl (C=O) groups excluding carboxylic acids is 4. The molecule has 1 aliphatic carbocycles. The van der Waals surface area contributed by atoms with Gasteiger partial charge in [-0.05, 0) is 98.9 Å². The van der Waals surface area contributed by atoms with Crippen LogP contribution in [0.4, 0.5) is 10.2 Å². The van der Waals surface area contributed by atoms with E-state index in [0.29, 0.717) is 172 Å². The predicted molar refractivity (Wildman–Crippen MR) is 283 cm³/mol. The molecule has 0 radical (unpaired) electrons. The standard InChI is InChI=1S/C55H79FN4O15S/c1-42-49(55(64)60-17-20-74-50-11-5-44(38-46(50)40-60)45-6-13-52(57)59-39-45)10-12-51(54(42)56)76-37-16-58-53(63)15-19-65-21-22-66-23-24-67-25-26-68-27-28-69-29-30-70-31-32-71-33-34-72-35-36-73-47-7-2-43(3-8-47)4-9-48(14-18-61)75-41-62/h5-6,10-13,18,38-39,41,43,47-48H,2-4,7-9,14-17,19-37,40H2,1H3,(H2,57,59)(H,58,63). The molecule has 2 amide bonds. The first-order chi connectivity index (χ1) is 37.2. The molecule has 1 aliphatic heterocycles. The van der Waals surface area contributed by atoms with E-state index in [1.807, 2.05) is 24.3 Å². The van der Waals surface area contributed by atoms with Crippen molar-refractivity contribution >= 4 is 42.2 Å². The number of benzene rings is 2. The number of ether oxygens (including phenoxy) is 11. The zero-order valence-corrected chi connectivity index (χ0v) is 44.9. The molecule has 3 N–H and O–H groups in total. The summed E-state index contributed by atoms with van der Waals surface area (Å²) in [5, 5.41) is 2.84. The number of hydrogen-bond acceptors (Lipinski definition) is 18. The van der Waals surface area contributed by atoms with Crippen molar-refractivity contribution in [2.24, 2.45) is 5.92 Å². The molecular weight excluding hydrogens is 1010 g/mol. The van der Waals surface area contributed by atoms with E-state index in [1.165, 1.54) is 11.8 Å². The number of rotatable bonds is 41. The minimum Gasteiger partial charge on any atom is -0.491 e. The SMILES string of the molecule is Cc1c(C(=O)N2CCOc3ccc(-c4ccc(N)nc4)cc3C2)ccc(SCCNC(=O)CCOCCOCCOCCOCCOCCOCCOCCOCCOC2CCC(CCC(CC=O)OC=O)CC2)c1F. The van der Waals surface area contributed by atoms with Crippen molar-refractivity contribution in [3.8, 4) is 16.9 Å². The van der Waals surface area contributed by atoms with Crippen molar-refractivity contribution in [2.45, 2.75) is 81.9 Å². The molecule has 21 heteroatoms. The van der Waals surface area contributed by atoms with Gasteiger partial charge in [0.25, 0.3) is 12.4 Å². The number of nitrogens with two attached hydrogens (primary N) is 1. The lowest BCUT2D eigenvalue weighted by atomic mass is 9.84. The van der Waals surface area contributed by atoms with E-state index in [-0.39, 0.29) is 49.0 Å². The van der Waals surface area contributed by atoms with Crippen LogP contribution in [0.15, 0.2) is 53.6 Å². The number of pyridine rings is 1. The Labute approximate surface area is 450 Å². The van der Waals surface area contributed by atoms with Crippen LogP contribution in [0.5, 0.6) is 5.75 Å². The number of halogens is 1. The molecule has 0 saturated heterocycles. The maximum atomic E-state index is 15.6. The molecule has 2 heterocycles. The van der Waals surface area contributed by atoms with E-state index in [4.69, 9.17) is 57.8 Å². The Morgan fingerprint density at radius 3 is 1.96 bits per heavy atom. The monoisotopic (exact) mass is 1090 g/mol. The predicted octanol–water partition coefficient (Wildman–Crippen LogP) is 6.03. The van der Waals surface area contributed by atoms with E-state index >= 15 is 4.39 Å². The van der Waals surface area contributed by atoms with Gasteiger partial charge in [0.15, 0.2) is 0 Å². The molecule has 1 unspecified atom stereocenters. The maximum Gasteiger partial charge on any atom is 0.293 e. The van der Waals surface area contributed by atoms with Crippen molar-refractivity contribution in [3.05, 3.63) is 71.2 Å². The van der Waals surface area contributed by atoms with Gasteiger partial charge in [-0.2, -0.15) is 0 Å². The smallest absolute Gasteiger partial charge is 0.293 e. The normalized spacial score (nSPS) is 15.8. The molecule has 422 valence electrons. The first-order valence-corrected chi connectivity index (χ1v) is 27.5. The third-order valence-corrected chi connectivity index (χ3v) is 13.7. The van der Waals surface area contributed by atoms with Gasteiger partial charge in [0.2, 0.25) is 5.91 Å². The van der Waals surface area contributed by atoms with Crippen molar-refractivity contribution in [2.75, 3.05) is 143 Å². The van der Waals surface area contributed by atoms with Crippen LogP contribution >= 0.6 is 11.8 Å². The first-order valence-electron chi connectivity index (χ1n) is 26.5. The molecule has 2 aliphatic rings. The van der Waals surface area contributed by atoms with Gasteiger partial charge in [0.05, 0.1) is 125 Å². The van der Waals surface area contributed by atoms with Crippen LogP contribution in [0.3, 0.4) is 0 Å². The van der Waals surface area contributed by atoms with Gasteiger partial charge in [-0.15, -0.1) is 11.8 Å². The summed E-state index contributed by atoms with van der Waals surface area (Å²) >= 11 is 1.28. The van der Waals surface area contributed by atoms with Crippen molar-refractivity contribution in [1.29, 1.82) is 0 Å². The van der Waals surface area contributed by atoms with Crippen molar-refractivity contribution < 1.29 is 75.7 Å². The average Bonchev–Trinajstić information content (AvgIpc) is 3.66. The van der Waals surface area contributed by atoms with Crippen LogP contribution in [-0.2, 0) is 68.3 Å². The number of carbonyl (C=O) groups is 4. The zero-order valence-electron chi connectivity index (χ0n) is 44.1. The Balaban J connectivity index is 0.741. The topological polar surface area (TPSA) is 224 Å². The van der Waals surface area contributed by atoms with Crippen LogP contribution in [0, 0.1) is 18.7 Å². The van der Waals surface area contributed by atoms with E-state index in [1.54, 1.807) is 36.2 Å². The summed E-state index contributed by atoms with van der Waals surface area (Å²) in [5.74, 6) is 1.27. The fourth-order valence-electron chi connectivity index (χ4n) is 8.45. The van der Waals surface area contributed by atoms with E-state index in [9.17, 15) is 19.2 Å². The molecule has 1 fully saturated rings. The summed E-state index contributed by atoms with van der Waals surface area (Å²) in [5.41, 5.74) is 8.98. The quantitative estimate of drug-likeness (QED) is 0.0376. The molecular formula is C55H79FN4O15S. The van der Waals surface area contributed by atoms with E-state index in [2.05, 4.69) is 10.3 Å². The Bertz CT molecular complexity index is 2110. The highest BCUT2D eigenvalue weighted by molar-refractivity contribution is 7.99. The number of fused-ring (bicyclic) bond motifs is 1. The lowest BCUT2D eigenvalue weighted by Crippen LogP contribution is -2.33. The number of nitrogens with zero attached hydrogens (tertiary/aromatic N) is 2. The summed E-state index contributed by atoms with van der Waals surface area (Å²) in [6.45, 7) is 10.9. The second-order valence-corrected chi connectivity index (χ2v) is 19.3. The van der Waals surface area contributed by atoms with Crippen LogP contribution in [0.25, 0.3) is 11.1 Å². The molecule has 19 nitrogen and oxygen atoms in total. The number of aldehydes is 1. The fourth-order valence-corrected chi connectivity index (χ4v) is 9.32. The Hall–Kier alpha value is -4.81. The van der Waals surface area contributed by atoms with Crippen molar-refractivity contribution in [3.63, 3.8) is 0 Å². The highest BCUT2D eigenvalue weighted by Gasteiger charge is 2.26. The second kappa shape index (κ2) is 37.9. The zero-order chi connectivity index (χ0) is 53.8. The third-order valence-electron chi connectivity index (χ3n) is 12.7. The van der Waals surface area contributed by atoms with Crippen molar-refractivity contribution in [1.82, 2.24) is 15.2 Å². The van der Waals surface area contributed by atoms with Crippen LogP contribution < -0.4 is 15.8 Å². The average molecular weight is 1090 g/mol.